The van der Waals surface area contributed by atoms with Crippen LogP contribution in [0.1, 0.15) is 61.5 Å². The predicted molar refractivity (Wildman–Crippen MR) is 192 cm³/mol. The molecule has 0 radical (unpaired) electrons. The zero-order valence-corrected chi connectivity index (χ0v) is 30.5. The summed E-state index contributed by atoms with van der Waals surface area (Å²) in [5.74, 6) is -1.55. The minimum Gasteiger partial charge on any atom is -0.370 e. The van der Waals surface area contributed by atoms with Crippen molar-refractivity contribution in [1.82, 2.24) is 35.6 Å². The number of nitrogens with two attached hydrogens (primary N) is 2. The van der Waals surface area contributed by atoms with E-state index >= 15 is 0 Å². The van der Waals surface area contributed by atoms with E-state index in [1.54, 1.807) is 32.2 Å². The van der Waals surface area contributed by atoms with Crippen LogP contribution in [-0.2, 0) is 20.8 Å². The van der Waals surface area contributed by atoms with E-state index in [1.165, 1.54) is 28.0 Å². The molecule has 7 N–H and O–H groups in total. The fourth-order valence-electron chi connectivity index (χ4n) is 5.14. The first kappa shape index (κ1) is 39.2. The van der Waals surface area contributed by atoms with Gasteiger partial charge in [-0.25, -0.2) is 9.67 Å². The Morgan fingerprint density at radius 2 is 1.80 bits per heavy atom. The van der Waals surface area contributed by atoms with E-state index in [0.717, 1.165) is 5.56 Å². The van der Waals surface area contributed by atoms with Gasteiger partial charge in [-0.15, -0.1) is 5.10 Å². The van der Waals surface area contributed by atoms with Gasteiger partial charge in [-0.3, -0.25) is 24.2 Å². The lowest BCUT2D eigenvalue weighted by Crippen LogP contribution is -2.52. The minimum atomic E-state index is -1.01. The van der Waals surface area contributed by atoms with E-state index in [0.29, 0.717) is 40.9 Å². The van der Waals surface area contributed by atoms with E-state index in [2.05, 4.69) is 31.0 Å². The third-order valence-corrected chi connectivity index (χ3v) is 8.79. The first-order chi connectivity index (χ1) is 23.2. The molecular weight excluding hydrogens is 691 g/mol. The maximum absolute atomic E-state index is 13.8. The molecule has 49 heavy (non-hydrogen) atoms. The van der Waals surface area contributed by atoms with Crippen LogP contribution in [0.2, 0.25) is 10.0 Å². The van der Waals surface area contributed by atoms with Crippen molar-refractivity contribution in [2.75, 3.05) is 20.6 Å². The Kier molecular flexibility index (Phi) is 14.8. The van der Waals surface area contributed by atoms with Crippen LogP contribution in [0.5, 0.6) is 0 Å². The molecule has 0 bridgehead atoms. The second-order valence-corrected chi connectivity index (χ2v) is 13.7. The molecule has 3 aromatic rings. The van der Waals surface area contributed by atoms with Gasteiger partial charge >= 0.3 is 0 Å². The van der Waals surface area contributed by atoms with Crippen molar-refractivity contribution in [2.24, 2.45) is 22.4 Å². The van der Waals surface area contributed by atoms with Crippen LogP contribution in [0.15, 0.2) is 40.0 Å². The van der Waals surface area contributed by atoms with Crippen molar-refractivity contribution < 1.29 is 19.2 Å². The number of carbonyl (C=O) groups excluding carboxylic acids is 4. The van der Waals surface area contributed by atoms with Gasteiger partial charge in [-0.05, 0) is 72.7 Å². The number of primary amides is 1. The average molecular weight is 736 g/mol. The zero-order valence-electron chi connectivity index (χ0n) is 28.2. The number of nitrogens with one attached hydrogen (secondary N) is 3. The van der Waals surface area contributed by atoms with Gasteiger partial charge in [-0.2, -0.15) is 11.3 Å². The molecule has 0 aliphatic heterocycles. The highest BCUT2D eigenvalue weighted by Gasteiger charge is 2.30. The predicted octanol–water partition coefficient (Wildman–Crippen LogP) is 2.83. The quantitative estimate of drug-likeness (QED) is 0.0791. The summed E-state index contributed by atoms with van der Waals surface area (Å²) in [4.78, 5) is 62.5. The summed E-state index contributed by atoms with van der Waals surface area (Å²) >= 11 is 13.8. The van der Waals surface area contributed by atoms with Crippen LogP contribution in [0.3, 0.4) is 0 Å². The number of hydrogen-bond acceptors (Lipinski definition) is 8. The molecule has 2 heterocycles. The minimum absolute atomic E-state index is 0.0765. The van der Waals surface area contributed by atoms with Gasteiger partial charge in [0.05, 0.1) is 5.69 Å². The second kappa shape index (κ2) is 18.5. The fourth-order valence-corrected chi connectivity index (χ4v) is 6.33. The van der Waals surface area contributed by atoms with Crippen molar-refractivity contribution in [3.05, 3.63) is 62.3 Å². The van der Waals surface area contributed by atoms with E-state index in [-0.39, 0.29) is 42.9 Å². The van der Waals surface area contributed by atoms with Crippen molar-refractivity contribution in [2.45, 2.75) is 71.0 Å². The first-order valence-corrected chi connectivity index (χ1v) is 17.4. The highest BCUT2D eigenvalue weighted by Crippen LogP contribution is 2.22. The lowest BCUT2D eigenvalue weighted by atomic mass is 9.98. The highest BCUT2D eigenvalue weighted by atomic mass is 35.5. The van der Waals surface area contributed by atoms with E-state index in [1.807, 2.05) is 30.7 Å². The van der Waals surface area contributed by atoms with Crippen LogP contribution in [-0.4, -0.2) is 88.0 Å². The van der Waals surface area contributed by atoms with Gasteiger partial charge in [0.1, 0.15) is 17.9 Å². The van der Waals surface area contributed by atoms with E-state index in [9.17, 15) is 19.2 Å². The van der Waals surface area contributed by atoms with Gasteiger partial charge in [0.25, 0.3) is 5.91 Å². The number of aliphatic imine (C=N–C) groups is 1. The Balaban J connectivity index is 1.79. The number of amides is 4. The Bertz CT molecular complexity index is 1610. The second-order valence-electron chi connectivity index (χ2n) is 12.0. The molecule has 2 aromatic heterocycles. The molecule has 3 rings (SSSR count). The number of hydrogen-bond donors (Lipinski definition) is 5. The molecule has 1 aromatic carbocycles. The number of benzene rings is 1. The number of aromatic nitrogens is 3. The normalized spacial score (nSPS) is 13.4. The molecule has 0 unspecified atom stereocenters. The Labute approximate surface area is 300 Å². The topological polar surface area (TPSA) is 203 Å². The summed E-state index contributed by atoms with van der Waals surface area (Å²) in [6.45, 7) is 6.00. The molecule has 3 atom stereocenters. The first-order valence-electron chi connectivity index (χ1n) is 15.7. The molecule has 0 fully saturated rings. The van der Waals surface area contributed by atoms with E-state index in [4.69, 9.17) is 34.7 Å². The lowest BCUT2D eigenvalue weighted by Gasteiger charge is -2.29. The number of thiophene rings is 1. The van der Waals surface area contributed by atoms with Crippen molar-refractivity contribution in [3.8, 4) is 5.69 Å². The molecule has 14 nitrogen and oxygen atoms in total. The Morgan fingerprint density at radius 1 is 1.10 bits per heavy atom. The van der Waals surface area contributed by atoms with Crippen LogP contribution in [0, 0.1) is 12.8 Å². The Hall–Kier alpha value is -4.21. The van der Waals surface area contributed by atoms with E-state index < -0.39 is 35.8 Å². The van der Waals surface area contributed by atoms with Crippen LogP contribution >= 0.6 is 34.5 Å². The summed E-state index contributed by atoms with van der Waals surface area (Å²) in [7, 11) is 3.08. The van der Waals surface area contributed by atoms with Gasteiger partial charge < -0.3 is 32.3 Å². The molecule has 0 spiro atoms. The molecule has 0 saturated heterocycles. The standard InChI is InChI=1S/C32H44Cl2N10O4S/c1-18(2)11-23(16-27(45)43(5)26(28(35)46)12-20-8-10-49-17-20)40-30(47)25(7-6-9-38-32(36)37-4)41-31(48)29-39-19(3)44(42-29)24-14-21(33)13-22(34)15-24/h8,10,13-15,17-18,23,25-26H,6-7,9,11-12,16H2,1-5H3,(H2,35,46)(H,40,47)(H,41,48)(H3,36,37,38)/t23-,25-,26-/m0/s1. The summed E-state index contributed by atoms with van der Waals surface area (Å²) in [6, 6.07) is 4.26. The van der Waals surface area contributed by atoms with Gasteiger partial charge in [0.2, 0.25) is 23.5 Å². The van der Waals surface area contributed by atoms with Gasteiger partial charge in [-0.1, -0.05) is 37.0 Å². The third kappa shape index (κ3) is 12.0. The smallest absolute Gasteiger partial charge is 0.291 e. The molecule has 0 saturated carbocycles. The fraction of sp³-hybridized carbons (Fsp3) is 0.469. The summed E-state index contributed by atoms with van der Waals surface area (Å²) in [5, 5.41) is 17.5. The zero-order chi connectivity index (χ0) is 36.2. The molecule has 266 valence electrons. The van der Waals surface area contributed by atoms with Gasteiger partial charge in [0, 0.05) is 49.6 Å². The maximum atomic E-state index is 13.8. The average Bonchev–Trinajstić information content (AvgIpc) is 3.69. The van der Waals surface area contributed by atoms with Gasteiger partial charge in [0.15, 0.2) is 5.96 Å². The number of carbonyl (C=O) groups is 4. The number of rotatable bonds is 17. The monoisotopic (exact) mass is 734 g/mol. The summed E-state index contributed by atoms with van der Waals surface area (Å²) in [5.41, 5.74) is 12.8. The number of aryl methyl sites for hydroxylation is 1. The third-order valence-electron chi connectivity index (χ3n) is 7.62. The largest absolute Gasteiger partial charge is 0.370 e. The van der Waals surface area contributed by atoms with Crippen LogP contribution < -0.4 is 27.4 Å². The molecular formula is C32H44Cl2N10O4S. The molecule has 0 aliphatic carbocycles. The van der Waals surface area contributed by atoms with Crippen LogP contribution in [0.25, 0.3) is 5.69 Å². The highest BCUT2D eigenvalue weighted by molar-refractivity contribution is 7.07. The number of likely N-dealkylation sites (N-methyl/N-ethyl adjacent to an activating group) is 1. The maximum Gasteiger partial charge on any atom is 0.291 e. The number of nitrogens with zero attached hydrogens (tertiary/aromatic N) is 5. The molecule has 17 heteroatoms. The lowest BCUT2D eigenvalue weighted by molar-refractivity contribution is -0.138. The molecule has 4 amide bonds. The SMILES string of the molecule is CN=C(N)NCCC[C@H](NC(=O)c1nc(C)n(-c2cc(Cl)cc(Cl)c2)n1)C(=O)N[C@H](CC(=O)N(C)[C@@H](Cc1ccsc1)C(N)=O)CC(C)C. The van der Waals surface area contributed by atoms with Crippen molar-refractivity contribution in [1.29, 1.82) is 0 Å². The van der Waals surface area contributed by atoms with Crippen molar-refractivity contribution >= 4 is 64.1 Å². The van der Waals surface area contributed by atoms with Crippen molar-refractivity contribution in [3.63, 3.8) is 0 Å². The molecule has 0 aliphatic rings. The summed E-state index contributed by atoms with van der Waals surface area (Å²) in [6.07, 6.45) is 1.34. The van der Waals surface area contributed by atoms with Crippen LogP contribution in [0.4, 0.5) is 0 Å². The number of guanidine groups is 1. The summed E-state index contributed by atoms with van der Waals surface area (Å²) < 4.78 is 1.43. The number of halogens is 2. The Morgan fingerprint density at radius 3 is 2.39 bits per heavy atom.